The van der Waals surface area contributed by atoms with Gasteiger partial charge in [0, 0.05) is 6.42 Å². The Bertz CT molecular complexity index is 678. The highest BCUT2D eigenvalue weighted by Gasteiger charge is 2.16. The van der Waals surface area contributed by atoms with Crippen molar-refractivity contribution in [2.24, 2.45) is 0 Å². The molecule has 0 saturated heterocycles. The number of carbonyl (C=O) groups is 1. The van der Waals surface area contributed by atoms with Gasteiger partial charge in [-0.3, -0.25) is 10.1 Å². The van der Waals surface area contributed by atoms with Gasteiger partial charge in [-0.25, -0.2) is 8.78 Å². The molecule has 0 aliphatic heterocycles. The Morgan fingerprint density at radius 2 is 2.00 bits per heavy atom. The summed E-state index contributed by atoms with van der Waals surface area (Å²) in [5.41, 5.74) is -0.150. The van der Waals surface area contributed by atoms with E-state index >= 15 is 0 Å². The van der Waals surface area contributed by atoms with Crippen molar-refractivity contribution in [1.82, 2.24) is 10.2 Å². The SMILES string of the molecule is CCCCCc1nnc(NC(=O)c2cc(F)c(F)cc2Cl)s1. The lowest BCUT2D eigenvalue weighted by Gasteiger charge is -2.04. The molecule has 0 bridgehead atoms. The van der Waals surface area contributed by atoms with Crippen molar-refractivity contribution < 1.29 is 13.6 Å². The van der Waals surface area contributed by atoms with E-state index in [0.717, 1.165) is 42.8 Å². The number of aryl methyl sites for hydroxylation is 1. The van der Waals surface area contributed by atoms with Crippen molar-refractivity contribution in [3.63, 3.8) is 0 Å². The molecule has 2 aromatic rings. The van der Waals surface area contributed by atoms with Crippen molar-refractivity contribution in [1.29, 1.82) is 0 Å². The highest BCUT2D eigenvalue weighted by atomic mass is 35.5. The maximum absolute atomic E-state index is 13.2. The summed E-state index contributed by atoms with van der Waals surface area (Å²) in [7, 11) is 0. The minimum atomic E-state index is -1.13. The first-order chi connectivity index (χ1) is 10.5. The molecular formula is C14H14ClF2N3OS. The molecule has 22 heavy (non-hydrogen) atoms. The van der Waals surface area contributed by atoms with E-state index in [2.05, 4.69) is 22.4 Å². The summed E-state index contributed by atoms with van der Waals surface area (Å²) in [5, 5.41) is 11.3. The summed E-state index contributed by atoms with van der Waals surface area (Å²) in [6, 6.07) is 1.53. The van der Waals surface area contributed by atoms with E-state index in [0.29, 0.717) is 5.13 Å². The van der Waals surface area contributed by atoms with Gasteiger partial charge in [-0.1, -0.05) is 42.7 Å². The normalized spacial score (nSPS) is 10.7. The number of hydrogen-bond acceptors (Lipinski definition) is 4. The molecule has 1 aromatic carbocycles. The molecule has 1 aromatic heterocycles. The van der Waals surface area contributed by atoms with Gasteiger partial charge < -0.3 is 0 Å². The first kappa shape index (κ1) is 16.8. The topological polar surface area (TPSA) is 54.9 Å². The molecule has 0 aliphatic rings. The molecule has 4 nitrogen and oxygen atoms in total. The second-order valence-corrected chi connectivity index (χ2v) is 6.13. The van der Waals surface area contributed by atoms with Gasteiger partial charge in [0.1, 0.15) is 5.01 Å². The second kappa shape index (κ2) is 7.60. The maximum atomic E-state index is 13.2. The fourth-order valence-corrected chi connectivity index (χ4v) is 2.81. The Kier molecular flexibility index (Phi) is 5.79. The Labute approximate surface area is 135 Å². The van der Waals surface area contributed by atoms with E-state index in [-0.39, 0.29) is 10.6 Å². The summed E-state index contributed by atoms with van der Waals surface area (Å²) < 4.78 is 26.2. The summed E-state index contributed by atoms with van der Waals surface area (Å²) >= 11 is 7.01. The van der Waals surface area contributed by atoms with Crippen molar-refractivity contribution in [3.8, 4) is 0 Å². The Balaban J connectivity index is 2.04. The minimum Gasteiger partial charge on any atom is -0.296 e. The van der Waals surface area contributed by atoms with Crippen LogP contribution in [0.4, 0.5) is 13.9 Å². The zero-order valence-electron chi connectivity index (χ0n) is 11.8. The van der Waals surface area contributed by atoms with Gasteiger partial charge in [-0.05, 0) is 18.6 Å². The Morgan fingerprint density at radius 1 is 1.27 bits per heavy atom. The molecule has 0 unspecified atom stereocenters. The fourth-order valence-electron chi connectivity index (χ4n) is 1.79. The molecule has 0 saturated carbocycles. The molecule has 1 N–H and O–H groups in total. The van der Waals surface area contributed by atoms with Crippen LogP contribution in [0.3, 0.4) is 0 Å². The first-order valence-electron chi connectivity index (χ1n) is 6.79. The smallest absolute Gasteiger partial charge is 0.259 e. The number of nitrogens with one attached hydrogen (secondary N) is 1. The zero-order chi connectivity index (χ0) is 16.1. The van der Waals surface area contributed by atoms with Crippen LogP contribution >= 0.6 is 22.9 Å². The Morgan fingerprint density at radius 3 is 2.73 bits per heavy atom. The third kappa shape index (κ3) is 4.20. The third-order valence-electron chi connectivity index (χ3n) is 2.94. The lowest BCUT2D eigenvalue weighted by atomic mass is 10.2. The number of hydrogen-bond donors (Lipinski definition) is 1. The molecule has 0 aliphatic carbocycles. The van der Waals surface area contributed by atoms with Crippen molar-refractivity contribution in [3.05, 3.63) is 39.4 Å². The summed E-state index contributed by atoms with van der Waals surface area (Å²) in [4.78, 5) is 12.0. The lowest BCUT2D eigenvalue weighted by Crippen LogP contribution is -2.13. The van der Waals surface area contributed by atoms with Crippen LogP contribution in [0.15, 0.2) is 12.1 Å². The molecule has 1 heterocycles. The van der Waals surface area contributed by atoms with Crippen molar-refractivity contribution >= 4 is 34.0 Å². The maximum Gasteiger partial charge on any atom is 0.259 e. The largest absolute Gasteiger partial charge is 0.296 e. The molecule has 0 fully saturated rings. The van der Waals surface area contributed by atoms with E-state index in [1.807, 2.05) is 0 Å². The van der Waals surface area contributed by atoms with Gasteiger partial charge in [-0.2, -0.15) is 0 Å². The monoisotopic (exact) mass is 345 g/mol. The van der Waals surface area contributed by atoms with Gasteiger partial charge in [0.25, 0.3) is 5.91 Å². The van der Waals surface area contributed by atoms with Crippen LogP contribution in [0, 0.1) is 11.6 Å². The van der Waals surface area contributed by atoms with E-state index in [1.165, 1.54) is 11.3 Å². The van der Waals surface area contributed by atoms with E-state index in [9.17, 15) is 13.6 Å². The van der Waals surface area contributed by atoms with E-state index < -0.39 is 17.5 Å². The van der Waals surface area contributed by atoms with Crippen LogP contribution < -0.4 is 5.32 Å². The second-order valence-electron chi connectivity index (χ2n) is 4.66. The summed E-state index contributed by atoms with van der Waals surface area (Å²) in [5.74, 6) is -2.89. The van der Waals surface area contributed by atoms with Gasteiger partial charge in [0.05, 0.1) is 10.6 Å². The lowest BCUT2D eigenvalue weighted by molar-refractivity contribution is 0.102. The van der Waals surface area contributed by atoms with Crippen LogP contribution in [-0.2, 0) is 6.42 Å². The minimum absolute atomic E-state index is 0.150. The van der Waals surface area contributed by atoms with Crippen LogP contribution in [0.2, 0.25) is 5.02 Å². The number of carbonyl (C=O) groups excluding carboxylic acids is 1. The third-order valence-corrected chi connectivity index (χ3v) is 4.15. The molecule has 8 heteroatoms. The number of nitrogens with zero attached hydrogens (tertiary/aromatic N) is 2. The van der Waals surface area contributed by atoms with Crippen LogP contribution in [-0.4, -0.2) is 16.1 Å². The zero-order valence-corrected chi connectivity index (χ0v) is 13.4. The molecule has 2 rings (SSSR count). The number of benzene rings is 1. The van der Waals surface area contributed by atoms with Gasteiger partial charge >= 0.3 is 0 Å². The average molecular weight is 346 g/mol. The predicted octanol–water partition coefficient (Wildman–Crippen LogP) is 4.45. The fraction of sp³-hybridized carbons (Fsp3) is 0.357. The van der Waals surface area contributed by atoms with Crippen LogP contribution in [0.25, 0.3) is 0 Å². The Hall–Kier alpha value is -1.60. The van der Waals surface area contributed by atoms with Crippen molar-refractivity contribution in [2.45, 2.75) is 32.6 Å². The van der Waals surface area contributed by atoms with Gasteiger partial charge in [0.2, 0.25) is 5.13 Å². The first-order valence-corrected chi connectivity index (χ1v) is 7.99. The van der Waals surface area contributed by atoms with Crippen LogP contribution in [0.1, 0.15) is 41.6 Å². The number of rotatable bonds is 6. The van der Waals surface area contributed by atoms with Crippen LogP contribution in [0.5, 0.6) is 0 Å². The summed E-state index contributed by atoms with van der Waals surface area (Å²) in [6.45, 7) is 2.11. The number of aromatic nitrogens is 2. The standard InChI is InChI=1S/C14H14ClF2N3OS/c1-2-3-4-5-12-19-20-14(22-12)18-13(21)8-6-10(16)11(17)7-9(8)15/h6-7H,2-5H2,1H3,(H,18,20,21). The number of unbranched alkanes of at least 4 members (excludes halogenated alkanes) is 2. The quantitative estimate of drug-likeness (QED) is 0.621. The molecule has 0 spiro atoms. The van der Waals surface area contributed by atoms with Crippen molar-refractivity contribution in [2.75, 3.05) is 5.32 Å². The molecule has 0 radical (unpaired) electrons. The number of amides is 1. The van der Waals surface area contributed by atoms with E-state index in [1.54, 1.807) is 0 Å². The highest BCUT2D eigenvalue weighted by molar-refractivity contribution is 7.15. The number of halogens is 3. The molecule has 1 amide bonds. The number of anilines is 1. The average Bonchev–Trinajstić information content (AvgIpc) is 2.90. The predicted molar refractivity (Wildman–Crippen MR) is 82.5 cm³/mol. The highest BCUT2D eigenvalue weighted by Crippen LogP contribution is 2.23. The van der Waals surface area contributed by atoms with E-state index in [4.69, 9.17) is 11.6 Å². The molecule has 0 atom stereocenters. The molecule has 118 valence electrons. The molecular weight excluding hydrogens is 332 g/mol. The summed E-state index contributed by atoms with van der Waals surface area (Å²) in [6.07, 6.45) is 4.02. The van der Waals surface area contributed by atoms with Gasteiger partial charge in [0.15, 0.2) is 11.6 Å². The van der Waals surface area contributed by atoms with Gasteiger partial charge in [-0.15, -0.1) is 10.2 Å².